The van der Waals surface area contributed by atoms with Gasteiger partial charge in [-0.15, -0.1) is 0 Å². The molecule has 0 radical (unpaired) electrons. The first-order valence-corrected chi connectivity index (χ1v) is 6.74. The van der Waals surface area contributed by atoms with Crippen LogP contribution in [0.15, 0.2) is 0 Å². The minimum absolute atomic E-state index is 0.121. The molecule has 0 bridgehead atoms. The number of aliphatic hydroxyl groups is 1. The van der Waals surface area contributed by atoms with Crippen LogP contribution < -0.4 is 5.32 Å². The maximum absolute atomic E-state index is 11.6. The van der Waals surface area contributed by atoms with Gasteiger partial charge in [0.1, 0.15) is 18.3 Å². The van der Waals surface area contributed by atoms with Gasteiger partial charge in [0, 0.05) is 6.54 Å². The van der Waals surface area contributed by atoms with Gasteiger partial charge in [0.2, 0.25) is 0 Å². The Morgan fingerprint density at radius 3 is 2.76 bits per heavy atom. The Balaban J connectivity index is 1.56. The molecule has 0 aromatic carbocycles. The standard InChI is InChI=1S/C11H20N2O8/c14-7-5-18-10-8(6-19-9(7)10)21-11(15)12-3-1-2-4-20-13(16)17/h7-10,14,16-17H,1-6H2,(H,12,15)/t7-,8-,9-,10-/m1/s1. The van der Waals surface area contributed by atoms with Crippen molar-refractivity contribution in [1.29, 1.82) is 0 Å². The largest absolute Gasteiger partial charge is 0.441 e. The molecule has 21 heavy (non-hydrogen) atoms. The van der Waals surface area contributed by atoms with Crippen molar-refractivity contribution in [3.05, 3.63) is 0 Å². The van der Waals surface area contributed by atoms with Crippen LogP contribution in [0.3, 0.4) is 0 Å². The lowest BCUT2D eigenvalue weighted by Gasteiger charge is -2.16. The summed E-state index contributed by atoms with van der Waals surface area (Å²) in [4.78, 5) is 15.9. The summed E-state index contributed by atoms with van der Waals surface area (Å²) in [6, 6.07) is 0. The van der Waals surface area contributed by atoms with Crippen molar-refractivity contribution in [2.45, 2.75) is 37.3 Å². The highest BCUT2D eigenvalue weighted by Gasteiger charge is 2.48. The third-order valence-electron chi connectivity index (χ3n) is 3.29. The van der Waals surface area contributed by atoms with E-state index in [0.29, 0.717) is 19.4 Å². The molecule has 4 N–H and O–H groups in total. The molecule has 10 nitrogen and oxygen atoms in total. The van der Waals surface area contributed by atoms with Crippen molar-refractivity contribution in [1.82, 2.24) is 10.7 Å². The molecular weight excluding hydrogens is 288 g/mol. The maximum atomic E-state index is 11.6. The van der Waals surface area contributed by atoms with Gasteiger partial charge in [0.05, 0.1) is 25.2 Å². The van der Waals surface area contributed by atoms with Crippen LogP contribution in [0.1, 0.15) is 12.8 Å². The van der Waals surface area contributed by atoms with Crippen LogP contribution in [0.2, 0.25) is 0 Å². The second-order valence-corrected chi connectivity index (χ2v) is 4.83. The molecule has 4 atom stereocenters. The molecule has 2 rings (SSSR count). The highest BCUT2D eigenvalue weighted by Crippen LogP contribution is 2.28. The van der Waals surface area contributed by atoms with Crippen LogP contribution in [0.4, 0.5) is 4.79 Å². The first kappa shape index (κ1) is 16.4. The number of nitrogens with one attached hydrogen (secondary N) is 1. The fourth-order valence-corrected chi connectivity index (χ4v) is 2.29. The highest BCUT2D eigenvalue weighted by molar-refractivity contribution is 5.67. The van der Waals surface area contributed by atoms with Gasteiger partial charge < -0.3 is 24.6 Å². The summed E-state index contributed by atoms with van der Waals surface area (Å²) in [5.74, 6) is 0. The Kier molecular flexibility index (Phi) is 6.11. The van der Waals surface area contributed by atoms with Crippen LogP contribution in [0.25, 0.3) is 0 Å². The van der Waals surface area contributed by atoms with Gasteiger partial charge in [-0.3, -0.25) is 15.3 Å². The first-order valence-electron chi connectivity index (χ1n) is 6.74. The number of alkyl carbamates (subject to hydrolysis) is 1. The van der Waals surface area contributed by atoms with E-state index in [1.165, 1.54) is 0 Å². The molecule has 0 spiro atoms. The minimum atomic E-state index is -0.677. The van der Waals surface area contributed by atoms with Crippen LogP contribution in [0, 0.1) is 0 Å². The summed E-state index contributed by atoms with van der Waals surface area (Å²) in [6.45, 7) is 0.875. The fraction of sp³-hybridized carbons (Fsp3) is 0.909. The van der Waals surface area contributed by atoms with E-state index in [2.05, 4.69) is 10.2 Å². The molecule has 2 heterocycles. The van der Waals surface area contributed by atoms with Gasteiger partial charge in [0.15, 0.2) is 6.10 Å². The predicted octanol–water partition coefficient (Wildman–Crippen LogP) is -0.968. The normalized spacial score (nSPS) is 31.4. The van der Waals surface area contributed by atoms with E-state index in [9.17, 15) is 9.90 Å². The Morgan fingerprint density at radius 1 is 1.24 bits per heavy atom. The molecular formula is C11H20N2O8. The molecule has 2 aliphatic rings. The summed E-state index contributed by atoms with van der Waals surface area (Å²) in [5.41, 5.74) is 0. The fourth-order valence-electron chi connectivity index (χ4n) is 2.29. The molecule has 122 valence electrons. The SMILES string of the molecule is O=C(NCCCCON(O)O)O[C@@H]1CO[C@H]2[C@@H]1OC[C@H]2O. The summed E-state index contributed by atoms with van der Waals surface area (Å²) >= 11 is 0. The number of amides is 1. The molecule has 1 amide bonds. The third-order valence-corrected chi connectivity index (χ3v) is 3.29. The molecule has 0 aliphatic carbocycles. The number of unbranched alkanes of at least 4 members (excludes halogenated alkanes) is 1. The number of rotatable bonds is 7. The van der Waals surface area contributed by atoms with Gasteiger partial charge in [-0.25, -0.2) is 4.79 Å². The zero-order valence-electron chi connectivity index (χ0n) is 11.4. The van der Waals surface area contributed by atoms with Gasteiger partial charge in [0.25, 0.3) is 0 Å². The number of carbonyl (C=O) groups excluding carboxylic acids is 1. The Hall–Kier alpha value is -1.01. The van der Waals surface area contributed by atoms with Gasteiger partial charge in [-0.05, 0) is 12.8 Å². The lowest BCUT2D eigenvalue weighted by Crippen LogP contribution is -2.37. The molecule has 0 aromatic heterocycles. The van der Waals surface area contributed by atoms with Crippen molar-refractivity contribution < 1.29 is 39.4 Å². The monoisotopic (exact) mass is 308 g/mol. The van der Waals surface area contributed by atoms with Gasteiger partial charge in [-0.1, -0.05) is 0 Å². The van der Waals surface area contributed by atoms with Crippen LogP contribution in [-0.2, 0) is 19.0 Å². The molecule has 0 unspecified atom stereocenters. The molecule has 2 aliphatic heterocycles. The van der Waals surface area contributed by atoms with Gasteiger partial charge >= 0.3 is 6.09 Å². The quantitative estimate of drug-likeness (QED) is 0.346. The Morgan fingerprint density at radius 2 is 2.00 bits per heavy atom. The van der Waals surface area contributed by atoms with Crippen molar-refractivity contribution in [3.63, 3.8) is 0 Å². The Labute approximate surface area is 121 Å². The second-order valence-electron chi connectivity index (χ2n) is 4.83. The zero-order valence-corrected chi connectivity index (χ0v) is 11.4. The van der Waals surface area contributed by atoms with Crippen LogP contribution >= 0.6 is 0 Å². The number of ether oxygens (including phenoxy) is 3. The topological polar surface area (TPSA) is 130 Å². The Bertz CT molecular complexity index is 342. The van der Waals surface area contributed by atoms with E-state index < -0.39 is 30.5 Å². The summed E-state index contributed by atoms with van der Waals surface area (Å²) in [5, 5.41) is 28.3. The predicted molar refractivity (Wildman–Crippen MR) is 64.4 cm³/mol. The number of fused-ring (bicyclic) bond motifs is 1. The number of hydrogen-bond acceptors (Lipinski definition) is 9. The summed E-state index contributed by atoms with van der Waals surface area (Å²) in [6.07, 6.45) is -1.51. The molecule has 0 saturated carbocycles. The van der Waals surface area contributed by atoms with Gasteiger partial charge in [-0.2, -0.15) is 0 Å². The lowest BCUT2D eigenvalue weighted by molar-refractivity contribution is -0.492. The van der Waals surface area contributed by atoms with E-state index >= 15 is 0 Å². The van der Waals surface area contributed by atoms with Crippen molar-refractivity contribution in [2.24, 2.45) is 0 Å². The van der Waals surface area contributed by atoms with Crippen molar-refractivity contribution in [3.8, 4) is 0 Å². The average Bonchev–Trinajstić information content (AvgIpc) is 2.98. The molecule has 10 heteroatoms. The van der Waals surface area contributed by atoms with E-state index in [-0.39, 0.29) is 25.2 Å². The maximum Gasteiger partial charge on any atom is 0.407 e. The smallest absolute Gasteiger partial charge is 0.407 e. The van der Waals surface area contributed by atoms with E-state index in [1.54, 1.807) is 0 Å². The third kappa shape index (κ3) is 4.74. The zero-order chi connectivity index (χ0) is 15.2. The van der Waals surface area contributed by atoms with E-state index in [4.69, 9.17) is 24.6 Å². The van der Waals surface area contributed by atoms with Crippen molar-refractivity contribution >= 4 is 6.09 Å². The average molecular weight is 308 g/mol. The highest BCUT2D eigenvalue weighted by atomic mass is 17.1. The molecule has 2 fully saturated rings. The van der Waals surface area contributed by atoms with Crippen LogP contribution in [0.5, 0.6) is 0 Å². The second kappa shape index (κ2) is 7.84. The number of nitrogens with zero attached hydrogens (tertiary/aromatic N) is 1. The van der Waals surface area contributed by atoms with Crippen LogP contribution in [-0.4, -0.2) is 77.8 Å². The number of hydrogen-bond donors (Lipinski definition) is 4. The van der Waals surface area contributed by atoms with Crippen molar-refractivity contribution in [2.75, 3.05) is 26.4 Å². The number of aliphatic hydroxyl groups excluding tert-OH is 1. The number of carbonyl (C=O) groups is 1. The lowest BCUT2D eigenvalue weighted by atomic mass is 10.1. The summed E-state index contributed by atoms with van der Waals surface area (Å²) < 4.78 is 15.9. The molecule has 2 saturated heterocycles. The van der Waals surface area contributed by atoms with E-state index in [0.717, 1.165) is 0 Å². The first-order chi connectivity index (χ1) is 10.1. The summed E-state index contributed by atoms with van der Waals surface area (Å²) in [7, 11) is 0. The molecule has 0 aromatic rings. The minimum Gasteiger partial charge on any atom is -0.441 e. The van der Waals surface area contributed by atoms with E-state index in [1.807, 2.05) is 0 Å².